The third-order valence-corrected chi connectivity index (χ3v) is 4.00. The second kappa shape index (κ2) is 9.31. The summed E-state index contributed by atoms with van der Waals surface area (Å²) in [6.45, 7) is 2.74. The SMILES string of the molecule is Cc1ccc(C=CC(=O)c2ccc(OCCCCBr)cc2)cc1. The van der Waals surface area contributed by atoms with Crippen molar-refractivity contribution in [2.75, 3.05) is 11.9 Å². The maximum atomic E-state index is 12.2. The summed E-state index contributed by atoms with van der Waals surface area (Å²) in [7, 11) is 0. The van der Waals surface area contributed by atoms with Crippen molar-refractivity contribution in [3.8, 4) is 5.75 Å². The van der Waals surface area contributed by atoms with Crippen LogP contribution in [-0.2, 0) is 0 Å². The predicted molar refractivity (Wildman–Crippen MR) is 99.5 cm³/mol. The Kier molecular flexibility index (Phi) is 7.08. The molecule has 0 spiro atoms. The topological polar surface area (TPSA) is 26.3 Å². The quantitative estimate of drug-likeness (QED) is 0.266. The molecule has 0 amide bonds. The van der Waals surface area contributed by atoms with Crippen LogP contribution in [-0.4, -0.2) is 17.7 Å². The van der Waals surface area contributed by atoms with Gasteiger partial charge >= 0.3 is 0 Å². The number of allylic oxidation sites excluding steroid dienone is 1. The maximum absolute atomic E-state index is 12.2. The highest BCUT2D eigenvalue weighted by Crippen LogP contribution is 2.14. The van der Waals surface area contributed by atoms with Crippen molar-refractivity contribution < 1.29 is 9.53 Å². The van der Waals surface area contributed by atoms with Crippen molar-refractivity contribution in [2.45, 2.75) is 19.8 Å². The Morgan fingerprint density at radius 1 is 1.04 bits per heavy atom. The van der Waals surface area contributed by atoms with Gasteiger partial charge in [-0.15, -0.1) is 0 Å². The lowest BCUT2D eigenvalue weighted by Crippen LogP contribution is -1.99. The largest absolute Gasteiger partial charge is 0.494 e. The van der Waals surface area contributed by atoms with Gasteiger partial charge in [0.15, 0.2) is 5.78 Å². The van der Waals surface area contributed by atoms with Gasteiger partial charge in [-0.05, 0) is 55.7 Å². The summed E-state index contributed by atoms with van der Waals surface area (Å²) >= 11 is 3.40. The number of rotatable bonds is 8. The van der Waals surface area contributed by atoms with Crippen LogP contribution in [0, 0.1) is 6.92 Å². The highest BCUT2D eigenvalue weighted by Gasteiger charge is 2.02. The van der Waals surface area contributed by atoms with Crippen molar-refractivity contribution in [2.24, 2.45) is 0 Å². The third-order valence-electron chi connectivity index (χ3n) is 3.44. The Morgan fingerprint density at radius 3 is 2.39 bits per heavy atom. The number of ether oxygens (including phenoxy) is 1. The van der Waals surface area contributed by atoms with Crippen molar-refractivity contribution in [1.82, 2.24) is 0 Å². The van der Waals surface area contributed by atoms with Crippen LogP contribution in [0.4, 0.5) is 0 Å². The molecule has 0 saturated carbocycles. The molecule has 2 aromatic carbocycles. The molecule has 2 rings (SSSR count). The number of ketones is 1. The van der Waals surface area contributed by atoms with Crippen LogP contribution in [0.15, 0.2) is 54.6 Å². The molecule has 0 heterocycles. The van der Waals surface area contributed by atoms with Crippen molar-refractivity contribution in [1.29, 1.82) is 0 Å². The molecule has 0 radical (unpaired) electrons. The van der Waals surface area contributed by atoms with Gasteiger partial charge < -0.3 is 4.74 Å². The van der Waals surface area contributed by atoms with Crippen molar-refractivity contribution in [3.05, 3.63) is 71.3 Å². The number of hydrogen-bond acceptors (Lipinski definition) is 2. The van der Waals surface area contributed by atoms with Crippen LogP contribution in [0.1, 0.15) is 34.3 Å². The highest BCUT2D eigenvalue weighted by molar-refractivity contribution is 9.09. The Labute approximate surface area is 146 Å². The fourth-order valence-electron chi connectivity index (χ4n) is 2.05. The average molecular weight is 373 g/mol. The van der Waals surface area contributed by atoms with Gasteiger partial charge in [-0.3, -0.25) is 4.79 Å². The van der Waals surface area contributed by atoms with Crippen LogP contribution < -0.4 is 4.74 Å². The standard InChI is InChI=1S/C20H21BrO2/c1-16-4-6-17(7-5-16)8-13-20(22)18-9-11-19(12-10-18)23-15-3-2-14-21/h4-13H,2-3,14-15H2,1H3. The van der Waals surface area contributed by atoms with E-state index in [2.05, 4.69) is 15.9 Å². The van der Waals surface area contributed by atoms with Crippen molar-refractivity contribution in [3.63, 3.8) is 0 Å². The van der Waals surface area contributed by atoms with E-state index in [1.54, 1.807) is 6.08 Å². The van der Waals surface area contributed by atoms with Gasteiger partial charge in [-0.2, -0.15) is 0 Å². The number of halogens is 1. The maximum Gasteiger partial charge on any atom is 0.185 e. The molecule has 0 unspecified atom stereocenters. The fraction of sp³-hybridized carbons (Fsp3) is 0.250. The number of alkyl halides is 1. The molecule has 0 bridgehead atoms. The molecule has 2 nitrogen and oxygen atoms in total. The first-order valence-electron chi connectivity index (χ1n) is 7.77. The van der Waals surface area contributed by atoms with Gasteiger partial charge in [0, 0.05) is 10.9 Å². The van der Waals surface area contributed by atoms with Gasteiger partial charge in [-0.1, -0.05) is 51.8 Å². The average Bonchev–Trinajstić information content (AvgIpc) is 2.58. The van der Waals surface area contributed by atoms with Crippen LogP contribution >= 0.6 is 15.9 Å². The van der Waals surface area contributed by atoms with Gasteiger partial charge in [-0.25, -0.2) is 0 Å². The molecule has 3 heteroatoms. The number of carbonyl (C=O) groups is 1. The van der Waals surface area contributed by atoms with E-state index in [4.69, 9.17) is 4.74 Å². The summed E-state index contributed by atoms with van der Waals surface area (Å²) in [5, 5.41) is 0.997. The summed E-state index contributed by atoms with van der Waals surface area (Å²) in [4.78, 5) is 12.2. The molecule has 23 heavy (non-hydrogen) atoms. The molecule has 0 saturated heterocycles. The van der Waals surface area contributed by atoms with E-state index < -0.39 is 0 Å². The normalized spacial score (nSPS) is 10.9. The zero-order chi connectivity index (χ0) is 16.5. The van der Waals surface area contributed by atoms with Crippen molar-refractivity contribution >= 4 is 27.8 Å². The van der Waals surface area contributed by atoms with E-state index in [1.807, 2.05) is 61.5 Å². The van der Waals surface area contributed by atoms with E-state index in [-0.39, 0.29) is 5.78 Å². The van der Waals surface area contributed by atoms with E-state index in [9.17, 15) is 4.79 Å². The summed E-state index contributed by atoms with van der Waals surface area (Å²) in [6.07, 6.45) is 5.56. The number of aryl methyl sites for hydroxylation is 1. The fourth-order valence-corrected chi connectivity index (χ4v) is 2.44. The second-order valence-electron chi connectivity index (χ2n) is 5.38. The molecule has 2 aromatic rings. The summed E-state index contributed by atoms with van der Waals surface area (Å²) in [5.41, 5.74) is 2.90. The minimum atomic E-state index is -0.00332. The van der Waals surface area contributed by atoms with Gasteiger partial charge in [0.05, 0.1) is 6.61 Å². The molecule has 120 valence electrons. The second-order valence-corrected chi connectivity index (χ2v) is 6.17. The molecular weight excluding hydrogens is 352 g/mol. The third kappa shape index (κ3) is 6.03. The molecule has 0 N–H and O–H groups in total. The number of unbranched alkanes of at least 4 members (excludes halogenated alkanes) is 1. The Balaban J connectivity index is 1.90. The Morgan fingerprint density at radius 2 is 1.74 bits per heavy atom. The zero-order valence-corrected chi connectivity index (χ0v) is 14.9. The zero-order valence-electron chi connectivity index (χ0n) is 13.3. The monoisotopic (exact) mass is 372 g/mol. The number of hydrogen-bond donors (Lipinski definition) is 0. The lowest BCUT2D eigenvalue weighted by molar-refractivity contribution is 0.104. The first-order chi connectivity index (χ1) is 11.2. The highest BCUT2D eigenvalue weighted by atomic mass is 79.9. The molecule has 0 aliphatic rings. The minimum Gasteiger partial charge on any atom is -0.494 e. The summed E-state index contributed by atoms with van der Waals surface area (Å²) in [6, 6.07) is 15.4. The number of carbonyl (C=O) groups excluding carboxylic acids is 1. The van der Waals surface area contributed by atoms with Crippen LogP contribution in [0.5, 0.6) is 5.75 Å². The van der Waals surface area contributed by atoms with Gasteiger partial charge in [0.25, 0.3) is 0 Å². The Bertz CT molecular complexity index is 642. The lowest BCUT2D eigenvalue weighted by Gasteiger charge is -2.05. The first kappa shape index (κ1) is 17.5. The predicted octanol–water partition coefficient (Wildman–Crippen LogP) is 5.45. The lowest BCUT2D eigenvalue weighted by atomic mass is 10.1. The minimum absolute atomic E-state index is 0.00332. The molecule has 0 fully saturated rings. The van der Waals surface area contributed by atoms with E-state index in [0.29, 0.717) is 12.2 Å². The molecule has 0 aliphatic heterocycles. The Hall–Kier alpha value is -1.87. The molecule has 0 aromatic heterocycles. The first-order valence-corrected chi connectivity index (χ1v) is 8.89. The van der Waals surface area contributed by atoms with Gasteiger partial charge in [0.1, 0.15) is 5.75 Å². The molecule has 0 aliphatic carbocycles. The van der Waals surface area contributed by atoms with E-state index in [0.717, 1.165) is 29.5 Å². The van der Waals surface area contributed by atoms with E-state index in [1.165, 1.54) is 5.56 Å². The summed E-state index contributed by atoms with van der Waals surface area (Å²) < 4.78 is 5.63. The molecule has 0 atom stereocenters. The van der Waals surface area contributed by atoms with Crippen LogP contribution in [0.2, 0.25) is 0 Å². The van der Waals surface area contributed by atoms with Crippen LogP contribution in [0.3, 0.4) is 0 Å². The van der Waals surface area contributed by atoms with E-state index >= 15 is 0 Å². The van der Waals surface area contributed by atoms with Gasteiger partial charge in [0.2, 0.25) is 0 Å². The smallest absolute Gasteiger partial charge is 0.185 e. The van der Waals surface area contributed by atoms with Crippen LogP contribution in [0.25, 0.3) is 6.08 Å². The molecular formula is C20H21BrO2. The number of benzene rings is 2. The summed E-state index contributed by atoms with van der Waals surface area (Å²) in [5.74, 6) is 0.801.